The Hall–Kier alpha value is -2.37. The standard InChI is InChI=1S/C13H14O6/c1-17-11-5-4-8(6-12(11)18-2)9(14)7-10(15)13(16)19-3/h4-6H,7H2,1-3H3. The minimum absolute atomic E-state index is 0.259. The average molecular weight is 266 g/mol. The van der Waals surface area contributed by atoms with Gasteiger partial charge in [-0.05, 0) is 18.2 Å². The lowest BCUT2D eigenvalue weighted by molar-refractivity contribution is -0.151. The van der Waals surface area contributed by atoms with Crippen LogP contribution in [0.5, 0.6) is 11.5 Å². The summed E-state index contributed by atoms with van der Waals surface area (Å²) in [5.74, 6) is -1.57. The molecule has 1 aromatic carbocycles. The van der Waals surface area contributed by atoms with Crippen molar-refractivity contribution in [3.8, 4) is 11.5 Å². The molecule has 0 amide bonds. The summed E-state index contributed by atoms with van der Waals surface area (Å²) in [5.41, 5.74) is 0.259. The van der Waals surface area contributed by atoms with Crippen LogP contribution in [0.2, 0.25) is 0 Å². The third kappa shape index (κ3) is 3.54. The number of ether oxygens (including phenoxy) is 3. The van der Waals surface area contributed by atoms with Gasteiger partial charge in [-0.25, -0.2) is 4.79 Å². The first-order valence-corrected chi connectivity index (χ1v) is 5.39. The van der Waals surface area contributed by atoms with Crippen molar-refractivity contribution in [2.75, 3.05) is 21.3 Å². The molecule has 0 heterocycles. The van der Waals surface area contributed by atoms with Crippen LogP contribution in [0.1, 0.15) is 16.8 Å². The fourth-order valence-corrected chi connectivity index (χ4v) is 1.44. The Labute approximate surface area is 110 Å². The van der Waals surface area contributed by atoms with E-state index in [-0.39, 0.29) is 5.56 Å². The highest BCUT2D eigenvalue weighted by Crippen LogP contribution is 2.27. The summed E-state index contributed by atoms with van der Waals surface area (Å²) >= 11 is 0. The van der Waals surface area contributed by atoms with Crippen molar-refractivity contribution in [3.63, 3.8) is 0 Å². The van der Waals surface area contributed by atoms with Gasteiger partial charge in [0.25, 0.3) is 0 Å². The summed E-state index contributed by atoms with van der Waals surface area (Å²) in [6.45, 7) is 0. The molecule has 0 aliphatic carbocycles. The largest absolute Gasteiger partial charge is 0.493 e. The molecule has 1 aromatic rings. The smallest absolute Gasteiger partial charge is 0.374 e. The SMILES string of the molecule is COC(=O)C(=O)CC(=O)c1ccc(OC)c(OC)c1. The van der Waals surface area contributed by atoms with Gasteiger partial charge in [0.05, 0.1) is 27.8 Å². The zero-order valence-corrected chi connectivity index (χ0v) is 10.9. The van der Waals surface area contributed by atoms with Gasteiger partial charge >= 0.3 is 5.97 Å². The maximum Gasteiger partial charge on any atom is 0.374 e. The second-order valence-electron chi connectivity index (χ2n) is 3.58. The summed E-state index contributed by atoms with van der Waals surface area (Å²) in [6, 6.07) is 4.49. The predicted molar refractivity (Wildman–Crippen MR) is 65.5 cm³/mol. The maximum atomic E-state index is 11.8. The minimum Gasteiger partial charge on any atom is -0.493 e. The zero-order chi connectivity index (χ0) is 14.4. The van der Waals surface area contributed by atoms with Crippen LogP contribution in [0.3, 0.4) is 0 Å². The van der Waals surface area contributed by atoms with E-state index in [1.807, 2.05) is 0 Å². The monoisotopic (exact) mass is 266 g/mol. The summed E-state index contributed by atoms with van der Waals surface area (Å²) in [5, 5.41) is 0. The minimum atomic E-state index is -1.03. The number of ketones is 2. The third-order valence-corrected chi connectivity index (χ3v) is 2.44. The predicted octanol–water partition coefficient (Wildman–Crippen LogP) is 1.02. The first kappa shape index (κ1) is 14.7. The Morgan fingerprint density at radius 1 is 1.00 bits per heavy atom. The maximum absolute atomic E-state index is 11.8. The number of hydrogen-bond acceptors (Lipinski definition) is 6. The Bertz CT molecular complexity index is 506. The second kappa shape index (κ2) is 6.53. The second-order valence-corrected chi connectivity index (χ2v) is 3.58. The highest BCUT2D eigenvalue weighted by atomic mass is 16.5. The number of methoxy groups -OCH3 is 3. The Morgan fingerprint density at radius 3 is 2.16 bits per heavy atom. The highest BCUT2D eigenvalue weighted by Gasteiger charge is 2.20. The Kier molecular flexibility index (Phi) is 5.05. The molecule has 0 fully saturated rings. The van der Waals surface area contributed by atoms with Crippen LogP contribution >= 0.6 is 0 Å². The number of carbonyl (C=O) groups excluding carboxylic acids is 3. The number of rotatable bonds is 6. The molecule has 0 aliphatic rings. The van der Waals surface area contributed by atoms with Crippen molar-refractivity contribution in [1.29, 1.82) is 0 Å². The van der Waals surface area contributed by atoms with Crippen molar-refractivity contribution < 1.29 is 28.6 Å². The van der Waals surface area contributed by atoms with E-state index in [2.05, 4.69) is 4.74 Å². The van der Waals surface area contributed by atoms with Gasteiger partial charge in [0.1, 0.15) is 0 Å². The number of hydrogen-bond donors (Lipinski definition) is 0. The normalized spacial score (nSPS) is 9.63. The van der Waals surface area contributed by atoms with Crippen LogP contribution in [-0.2, 0) is 14.3 Å². The van der Waals surface area contributed by atoms with Crippen molar-refractivity contribution in [3.05, 3.63) is 23.8 Å². The molecular weight excluding hydrogens is 252 g/mol. The van der Waals surface area contributed by atoms with Gasteiger partial charge < -0.3 is 14.2 Å². The molecule has 0 N–H and O–H groups in total. The molecule has 19 heavy (non-hydrogen) atoms. The van der Waals surface area contributed by atoms with Gasteiger partial charge in [0.2, 0.25) is 5.78 Å². The molecular formula is C13H14O6. The fourth-order valence-electron chi connectivity index (χ4n) is 1.44. The Balaban J connectivity index is 2.89. The molecule has 0 aliphatic heterocycles. The van der Waals surface area contributed by atoms with E-state index in [1.54, 1.807) is 6.07 Å². The molecule has 6 nitrogen and oxygen atoms in total. The zero-order valence-electron chi connectivity index (χ0n) is 10.9. The van der Waals surface area contributed by atoms with Gasteiger partial charge in [0, 0.05) is 5.56 Å². The summed E-state index contributed by atoms with van der Waals surface area (Å²) in [4.78, 5) is 34.0. The van der Waals surface area contributed by atoms with Crippen LogP contribution in [0.4, 0.5) is 0 Å². The van der Waals surface area contributed by atoms with Crippen LogP contribution < -0.4 is 9.47 Å². The molecule has 0 saturated heterocycles. The van der Waals surface area contributed by atoms with Gasteiger partial charge in [0.15, 0.2) is 17.3 Å². The van der Waals surface area contributed by atoms with E-state index in [0.717, 1.165) is 7.11 Å². The van der Waals surface area contributed by atoms with Gasteiger partial charge in [-0.2, -0.15) is 0 Å². The van der Waals surface area contributed by atoms with Gasteiger partial charge in [-0.15, -0.1) is 0 Å². The number of carbonyl (C=O) groups is 3. The van der Waals surface area contributed by atoms with Crippen molar-refractivity contribution in [2.45, 2.75) is 6.42 Å². The molecule has 1 rings (SSSR count). The van der Waals surface area contributed by atoms with Crippen molar-refractivity contribution in [1.82, 2.24) is 0 Å². The summed E-state index contributed by atoms with van der Waals surface area (Å²) in [7, 11) is 3.99. The number of benzene rings is 1. The average Bonchev–Trinajstić information content (AvgIpc) is 2.45. The summed E-state index contributed by atoms with van der Waals surface area (Å²) in [6.07, 6.45) is -0.540. The Morgan fingerprint density at radius 2 is 1.63 bits per heavy atom. The molecule has 0 spiro atoms. The topological polar surface area (TPSA) is 78.9 Å². The molecule has 102 valence electrons. The van der Waals surface area contributed by atoms with Gasteiger partial charge in [-0.3, -0.25) is 9.59 Å². The first-order valence-electron chi connectivity index (χ1n) is 5.39. The van der Waals surface area contributed by atoms with E-state index < -0.39 is 24.0 Å². The van der Waals surface area contributed by atoms with Crippen LogP contribution in [-0.4, -0.2) is 38.9 Å². The van der Waals surface area contributed by atoms with Gasteiger partial charge in [-0.1, -0.05) is 0 Å². The molecule has 0 unspecified atom stereocenters. The van der Waals surface area contributed by atoms with E-state index in [4.69, 9.17) is 9.47 Å². The number of esters is 1. The lowest BCUT2D eigenvalue weighted by Crippen LogP contribution is -2.19. The lowest BCUT2D eigenvalue weighted by atomic mass is 10.1. The third-order valence-electron chi connectivity index (χ3n) is 2.44. The van der Waals surface area contributed by atoms with Crippen molar-refractivity contribution >= 4 is 17.5 Å². The summed E-state index contributed by atoms with van der Waals surface area (Å²) < 4.78 is 14.3. The first-order chi connectivity index (χ1) is 9.03. The molecule has 0 saturated carbocycles. The molecule has 0 aromatic heterocycles. The van der Waals surface area contributed by atoms with Crippen LogP contribution in [0, 0.1) is 0 Å². The quantitative estimate of drug-likeness (QED) is 0.331. The lowest BCUT2D eigenvalue weighted by Gasteiger charge is -2.08. The molecule has 0 bridgehead atoms. The fraction of sp³-hybridized carbons (Fsp3) is 0.308. The van der Waals surface area contributed by atoms with E-state index in [1.165, 1.54) is 26.4 Å². The van der Waals surface area contributed by atoms with E-state index in [9.17, 15) is 14.4 Å². The van der Waals surface area contributed by atoms with E-state index in [0.29, 0.717) is 11.5 Å². The van der Waals surface area contributed by atoms with Crippen LogP contribution in [0.15, 0.2) is 18.2 Å². The molecule has 6 heteroatoms. The highest BCUT2D eigenvalue weighted by molar-refractivity contribution is 6.38. The molecule has 0 radical (unpaired) electrons. The number of Topliss-reactive ketones (excluding diaryl/α,β-unsaturated/α-hetero) is 2. The van der Waals surface area contributed by atoms with Crippen LogP contribution in [0.25, 0.3) is 0 Å². The van der Waals surface area contributed by atoms with Crippen molar-refractivity contribution in [2.24, 2.45) is 0 Å². The van der Waals surface area contributed by atoms with E-state index >= 15 is 0 Å². The molecule has 0 atom stereocenters.